The summed E-state index contributed by atoms with van der Waals surface area (Å²) in [6, 6.07) is 0. The molecule has 0 saturated heterocycles. The lowest BCUT2D eigenvalue weighted by molar-refractivity contribution is -0.135. The average molecular weight is 278 g/mol. The molecule has 1 unspecified atom stereocenters. The number of aliphatic carboxylic acids is 1. The summed E-state index contributed by atoms with van der Waals surface area (Å²) in [4.78, 5) is 22.8. The Hall–Kier alpha value is -1.38. The Labute approximate surface area is 121 Å². The molecule has 0 bridgehead atoms. The lowest BCUT2D eigenvalue weighted by Gasteiger charge is -2.14. The van der Waals surface area contributed by atoms with Gasteiger partial charge in [0, 0.05) is 5.92 Å². The predicted octanol–water partition coefficient (Wildman–Crippen LogP) is 4.28. The van der Waals surface area contributed by atoms with Crippen molar-refractivity contribution in [1.82, 2.24) is 0 Å². The van der Waals surface area contributed by atoms with Gasteiger partial charge in [0.2, 0.25) is 0 Å². The van der Waals surface area contributed by atoms with Crippen molar-refractivity contribution in [3.8, 4) is 0 Å². The van der Waals surface area contributed by atoms with Gasteiger partial charge in [-0.2, -0.15) is 0 Å². The smallest absolute Gasteiger partial charge is 0.339 e. The van der Waals surface area contributed by atoms with Crippen LogP contribution < -0.4 is 0 Å². The van der Waals surface area contributed by atoms with Crippen molar-refractivity contribution in [3.05, 3.63) is 23.8 Å². The van der Waals surface area contributed by atoms with Crippen molar-refractivity contribution in [2.45, 2.75) is 64.7 Å². The number of carbonyl (C=O) groups excluding carboxylic acids is 1. The average Bonchev–Trinajstić information content (AvgIpc) is 2.43. The molecule has 1 N–H and O–H groups in total. The monoisotopic (exact) mass is 278 g/mol. The van der Waals surface area contributed by atoms with E-state index in [1.807, 2.05) is 6.08 Å². The fourth-order valence-electron chi connectivity index (χ4n) is 2.56. The zero-order valence-electron chi connectivity index (χ0n) is 12.4. The Balaban J connectivity index is 2.14. The van der Waals surface area contributed by atoms with Crippen molar-refractivity contribution in [3.63, 3.8) is 0 Å². The first-order chi connectivity index (χ1) is 9.66. The van der Waals surface area contributed by atoms with Gasteiger partial charge in [-0.25, -0.2) is 4.79 Å². The van der Waals surface area contributed by atoms with Crippen LogP contribution in [0.5, 0.6) is 0 Å². The molecule has 1 atom stereocenters. The maximum Gasteiger partial charge on any atom is 0.339 e. The number of carboxylic acids is 1. The summed E-state index contributed by atoms with van der Waals surface area (Å²) in [6.45, 7) is 2.22. The van der Waals surface area contributed by atoms with E-state index in [4.69, 9.17) is 5.11 Å². The molecule has 1 aliphatic carbocycles. The summed E-state index contributed by atoms with van der Waals surface area (Å²) in [5, 5.41) is 8.92. The van der Waals surface area contributed by atoms with Crippen LogP contribution in [0.1, 0.15) is 64.7 Å². The third kappa shape index (κ3) is 5.72. The van der Waals surface area contributed by atoms with Crippen molar-refractivity contribution < 1.29 is 14.7 Å². The fourth-order valence-corrected chi connectivity index (χ4v) is 2.56. The zero-order valence-corrected chi connectivity index (χ0v) is 12.4. The largest absolute Gasteiger partial charge is 0.478 e. The van der Waals surface area contributed by atoms with E-state index in [0.29, 0.717) is 0 Å². The molecule has 1 rings (SSSR count). The molecule has 0 amide bonds. The van der Waals surface area contributed by atoms with E-state index in [9.17, 15) is 9.59 Å². The third-order valence-corrected chi connectivity index (χ3v) is 3.81. The first-order valence-electron chi connectivity index (χ1n) is 7.82. The molecule has 0 aromatic carbocycles. The summed E-state index contributed by atoms with van der Waals surface area (Å²) >= 11 is 0. The molecule has 0 heterocycles. The topological polar surface area (TPSA) is 54.4 Å². The van der Waals surface area contributed by atoms with Gasteiger partial charge < -0.3 is 5.11 Å². The second-order valence-electron chi connectivity index (χ2n) is 5.50. The first kappa shape index (κ1) is 16.7. The highest BCUT2D eigenvalue weighted by molar-refractivity contribution is 6.18. The lowest BCUT2D eigenvalue weighted by Crippen LogP contribution is -2.22. The minimum atomic E-state index is -1.11. The normalized spacial score (nSPS) is 18.1. The van der Waals surface area contributed by atoms with Crippen LogP contribution in [0.3, 0.4) is 0 Å². The third-order valence-electron chi connectivity index (χ3n) is 3.81. The molecule has 3 heteroatoms. The van der Waals surface area contributed by atoms with E-state index >= 15 is 0 Å². The summed E-state index contributed by atoms with van der Waals surface area (Å²) in [6.07, 6.45) is 15.6. The second-order valence-corrected chi connectivity index (χ2v) is 5.50. The molecular weight excluding hydrogens is 252 g/mol. The summed E-state index contributed by atoms with van der Waals surface area (Å²) in [5.74, 6) is -1.57. The number of unbranched alkanes of at least 4 members (excludes halogenated alkanes) is 7. The highest BCUT2D eigenvalue weighted by atomic mass is 16.4. The fraction of sp³-hybridized carbons (Fsp3) is 0.647. The molecular formula is C17H26O3. The van der Waals surface area contributed by atoms with Crippen LogP contribution in [0.4, 0.5) is 0 Å². The number of allylic oxidation sites excluding steroid dienone is 3. The number of rotatable bonds is 10. The first-order valence-corrected chi connectivity index (χ1v) is 7.82. The van der Waals surface area contributed by atoms with E-state index in [2.05, 4.69) is 6.92 Å². The minimum absolute atomic E-state index is 0.0722. The number of carbonyl (C=O) groups is 2. The van der Waals surface area contributed by atoms with Crippen molar-refractivity contribution in [1.29, 1.82) is 0 Å². The predicted molar refractivity (Wildman–Crippen MR) is 80.6 cm³/mol. The van der Waals surface area contributed by atoms with Gasteiger partial charge >= 0.3 is 5.97 Å². The molecule has 3 nitrogen and oxygen atoms in total. The SMILES string of the molecule is CCCCCCCCCCC1C=CC=C(C(=O)O)C1=O. The van der Waals surface area contributed by atoms with Crippen LogP contribution in [-0.2, 0) is 9.59 Å². The number of ketones is 1. The van der Waals surface area contributed by atoms with Gasteiger partial charge in [0.25, 0.3) is 0 Å². The Morgan fingerprint density at radius 2 is 1.70 bits per heavy atom. The highest BCUT2D eigenvalue weighted by Crippen LogP contribution is 2.21. The zero-order chi connectivity index (χ0) is 14.8. The molecule has 0 spiro atoms. The van der Waals surface area contributed by atoms with Gasteiger partial charge in [0.15, 0.2) is 5.78 Å². The second kappa shape index (κ2) is 9.51. The van der Waals surface area contributed by atoms with Crippen LogP contribution in [0.2, 0.25) is 0 Å². The lowest BCUT2D eigenvalue weighted by atomic mass is 9.88. The Morgan fingerprint density at radius 3 is 2.30 bits per heavy atom. The summed E-state index contributed by atoms with van der Waals surface area (Å²) in [5.41, 5.74) is -0.0722. The molecule has 20 heavy (non-hydrogen) atoms. The van der Waals surface area contributed by atoms with E-state index < -0.39 is 5.97 Å². The van der Waals surface area contributed by atoms with Crippen LogP contribution in [-0.4, -0.2) is 16.9 Å². The Morgan fingerprint density at radius 1 is 1.10 bits per heavy atom. The van der Waals surface area contributed by atoms with Gasteiger partial charge in [0.05, 0.1) is 0 Å². The van der Waals surface area contributed by atoms with Crippen molar-refractivity contribution in [2.75, 3.05) is 0 Å². The van der Waals surface area contributed by atoms with Gasteiger partial charge in [-0.3, -0.25) is 4.79 Å². The molecule has 0 aliphatic heterocycles. The molecule has 0 radical (unpaired) electrons. The Bertz CT molecular complexity index is 380. The number of Topliss-reactive ketones (excluding diaryl/α,β-unsaturated/α-hetero) is 1. The van der Waals surface area contributed by atoms with Gasteiger partial charge in [-0.15, -0.1) is 0 Å². The maximum absolute atomic E-state index is 11.9. The van der Waals surface area contributed by atoms with E-state index in [1.165, 1.54) is 44.6 Å². The quantitative estimate of drug-likeness (QED) is 0.479. The van der Waals surface area contributed by atoms with Crippen molar-refractivity contribution >= 4 is 11.8 Å². The minimum Gasteiger partial charge on any atom is -0.478 e. The molecule has 1 aliphatic rings. The van der Waals surface area contributed by atoms with Gasteiger partial charge in [0.1, 0.15) is 5.57 Å². The van der Waals surface area contributed by atoms with Crippen LogP contribution in [0.25, 0.3) is 0 Å². The number of hydrogen-bond donors (Lipinski definition) is 1. The van der Waals surface area contributed by atoms with E-state index in [0.717, 1.165) is 19.3 Å². The van der Waals surface area contributed by atoms with Crippen LogP contribution in [0.15, 0.2) is 23.8 Å². The molecule has 0 aromatic heterocycles. The van der Waals surface area contributed by atoms with Crippen LogP contribution in [0, 0.1) is 5.92 Å². The van der Waals surface area contributed by atoms with E-state index in [-0.39, 0.29) is 17.3 Å². The van der Waals surface area contributed by atoms with Gasteiger partial charge in [-0.1, -0.05) is 70.4 Å². The molecule has 0 saturated carbocycles. The number of carboxylic acid groups (broad SMARTS) is 1. The Kier molecular flexibility index (Phi) is 7.93. The van der Waals surface area contributed by atoms with Crippen LogP contribution >= 0.6 is 0 Å². The summed E-state index contributed by atoms with van der Waals surface area (Å²) < 4.78 is 0. The standard InChI is InChI=1S/C17H26O3/c1-2-3-4-5-6-7-8-9-11-14-12-10-13-15(16(14)18)17(19)20/h10,12-14H,2-9,11H2,1H3,(H,19,20). The molecule has 0 aromatic rings. The molecule has 112 valence electrons. The van der Waals surface area contributed by atoms with E-state index in [1.54, 1.807) is 6.08 Å². The maximum atomic E-state index is 11.9. The number of hydrogen-bond acceptors (Lipinski definition) is 2. The van der Waals surface area contributed by atoms with Gasteiger partial charge in [-0.05, 0) is 12.5 Å². The summed E-state index contributed by atoms with van der Waals surface area (Å²) in [7, 11) is 0. The highest BCUT2D eigenvalue weighted by Gasteiger charge is 2.25. The van der Waals surface area contributed by atoms with Crippen molar-refractivity contribution in [2.24, 2.45) is 5.92 Å². The molecule has 0 fully saturated rings.